The Bertz CT molecular complexity index is 1140. The number of carbonyl (C=O) groups excluding carboxylic acids is 1. The van der Waals surface area contributed by atoms with Crippen molar-refractivity contribution in [2.75, 3.05) is 19.8 Å². The molecule has 0 bridgehead atoms. The van der Waals surface area contributed by atoms with E-state index in [-0.39, 0.29) is 18.9 Å². The Labute approximate surface area is 406 Å². The van der Waals surface area contributed by atoms with Crippen molar-refractivity contribution in [1.29, 1.82) is 0 Å². The first-order valence-corrected chi connectivity index (χ1v) is 27.8. The van der Waals surface area contributed by atoms with Gasteiger partial charge < -0.3 is 65.1 Å². The summed E-state index contributed by atoms with van der Waals surface area (Å²) in [5.74, 6) is -0.239. The molecule has 9 N–H and O–H groups in total. The van der Waals surface area contributed by atoms with Crippen LogP contribution in [0.3, 0.4) is 0 Å². The molecule has 14 heteroatoms. The van der Waals surface area contributed by atoms with Crippen molar-refractivity contribution >= 4 is 5.91 Å². The van der Waals surface area contributed by atoms with E-state index in [1.807, 2.05) is 6.92 Å². The number of amides is 1. The molecular formula is C53H103NO13. The maximum absolute atomic E-state index is 12.7. The number of hydrogen-bond acceptors (Lipinski definition) is 13. The number of ether oxygens (including phenoxy) is 4. The van der Waals surface area contributed by atoms with Crippen molar-refractivity contribution in [2.45, 2.75) is 312 Å². The van der Waals surface area contributed by atoms with E-state index in [1.165, 1.54) is 173 Å². The second-order valence-corrected chi connectivity index (χ2v) is 20.1. The minimum Gasteiger partial charge on any atom is -0.394 e. The number of hydrogen-bond donors (Lipinski definition) is 9. The van der Waals surface area contributed by atoms with Gasteiger partial charge in [0.1, 0.15) is 48.8 Å². The number of carbonyl (C=O) groups is 1. The van der Waals surface area contributed by atoms with Crippen molar-refractivity contribution in [2.24, 2.45) is 0 Å². The molecule has 2 aliphatic heterocycles. The highest BCUT2D eigenvalue weighted by Crippen LogP contribution is 2.30. The van der Waals surface area contributed by atoms with E-state index in [4.69, 9.17) is 18.9 Å². The van der Waals surface area contributed by atoms with Crippen molar-refractivity contribution in [1.82, 2.24) is 5.32 Å². The SMILES string of the molecule is CCCCCCCCCCCCCCCCCCCCCCCCCCCCCCCCCC(O)C(COC1OC(CO)C(OC2OC(CO)C(O)C(O)C2O)C(O)C1O)NC(=O)CCCC. The second kappa shape index (κ2) is 40.6. The molecule has 2 aliphatic rings. The lowest BCUT2D eigenvalue weighted by Crippen LogP contribution is -2.65. The Balaban J connectivity index is 1.51. The molecule has 2 saturated heterocycles. The summed E-state index contributed by atoms with van der Waals surface area (Å²) >= 11 is 0. The summed E-state index contributed by atoms with van der Waals surface area (Å²) in [5.41, 5.74) is 0. The molecule has 0 aromatic heterocycles. The Morgan fingerprint density at radius 1 is 0.478 bits per heavy atom. The number of unbranched alkanes of at least 4 members (excludes halogenated alkanes) is 31. The van der Waals surface area contributed by atoms with Gasteiger partial charge in [0, 0.05) is 6.42 Å². The maximum atomic E-state index is 12.7. The van der Waals surface area contributed by atoms with Gasteiger partial charge in [-0.3, -0.25) is 4.79 Å². The second-order valence-electron chi connectivity index (χ2n) is 20.1. The minimum atomic E-state index is -1.78. The average molecular weight is 962 g/mol. The quantitative estimate of drug-likeness (QED) is 0.0263. The predicted octanol–water partition coefficient (Wildman–Crippen LogP) is 8.17. The first-order valence-electron chi connectivity index (χ1n) is 27.8. The van der Waals surface area contributed by atoms with E-state index in [1.54, 1.807) is 0 Å². The third-order valence-corrected chi connectivity index (χ3v) is 14.1. The van der Waals surface area contributed by atoms with Crippen LogP contribution in [0.15, 0.2) is 0 Å². The summed E-state index contributed by atoms with van der Waals surface area (Å²) < 4.78 is 22.5. The van der Waals surface area contributed by atoms with E-state index < -0.39 is 86.8 Å². The summed E-state index contributed by atoms with van der Waals surface area (Å²) in [5, 5.41) is 86.2. The number of aliphatic hydroxyl groups excluding tert-OH is 8. The van der Waals surface area contributed by atoms with Crippen LogP contribution in [-0.4, -0.2) is 140 Å². The average Bonchev–Trinajstić information content (AvgIpc) is 3.33. The molecule has 12 atom stereocenters. The van der Waals surface area contributed by atoms with E-state index in [2.05, 4.69) is 12.2 Å². The van der Waals surface area contributed by atoms with Gasteiger partial charge in [-0.05, 0) is 12.8 Å². The number of nitrogens with one attached hydrogen (secondary N) is 1. The van der Waals surface area contributed by atoms with E-state index in [0.717, 1.165) is 32.1 Å². The highest BCUT2D eigenvalue weighted by atomic mass is 16.7. The topological polar surface area (TPSA) is 228 Å². The van der Waals surface area contributed by atoms with Crippen LogP contribution >= 0.6 is 0 Å². The largest absolute Gasteiger partial charge is 0.394 e. The fraction of sp³-hybridized carbons (Fsp3) is 0.981. The molecule has 0 aromatic carbocycles. The van der Waals surface area contributed by atoms with Crippen molar-refractivity contribution in [3.05, 3.63) is 0 Å². The fourth-order valence-electron chi connectivity index (χ4n) is 9.51. The van der Waals surface area contributed by atoms with Gasteiger partial charge in [0.05, 0.1) is 32.0 Å². The molecular weight excluding hydrogens is 859 g/mol. The molecule has 0 spiro atoms. The zero-order valence-electron chi connectivity index (χ0n) is 42.4. The minimum absolute atomic E-state index is 0.239. The summed E-state index contributed by atoms with van der Waals surface area (Å²) in [4.78, 5) is 12.7. The zero-order valence-corrected chi connectivity index (χ0v) is 42.4. The van der Waals surface area contributed by atoms with Crippen molar-refractivity contribution in [3.63, 3.8) is 0 Å². The van der Waals surface area contributed by atoms with E-state index >= 15 is 0 Å². The Morgan fingerprint density at radius 3 is 1.25 bits per heavy atom. The molecule has 2 fully saturated rings. The fourth-order valence-corrected chi connectivity index (χ4v) is 9.51. The smallest absolute Gasteiger partial charge is 0.220 e. The highest BCUT2D eigenvalue weighted by molar-refractivity contribution is 5.76. The Hall–Kier alpha value is -1.01. The molecule has 67 heavy (non-hydrogen) atoms. The number of aliphatic hydroxyl groups is 8. The van der Waals surface area contributed by atoms with Crippen LogP contribution in [0, 0.1) is 0 Å². The van der Waals surface area contributed by atoms with Gasteiger partial charge in [-0.1, -0.05) is 219 Å². The molecule has 0 radical (unpaired) electrons. The van der Waals surface area contributed by atoms with Crippen molar-refractivity contribution < 1.29 is 64.6 Å². The lowest BCUT2D eigenvalue weighted by atomic mass is 9.97. The predicted molar refractivity (Wildman–Crippen MR) is 263 cm³/mol. The molecule has 0 saturated carbocycles. The van der Waals surface area contributed by atoms with Gasteiger partial charge in [-0.15, -0.1) is 0 Å². The third-order valence-electron chi connectivity index (χ3n) is 14.1. The van der Waals surface area contributed by atoms with E-state index in [9.17, 15) is 45.6 Å². The van der Waals surface area contributed by atoms with E-state index in [0.29, 0.717) is 12.8 Å². The van der Waals surface area contributed by atoms with Gasteiger partial charge in [-0.2, -0.15) is 0 Å². The monoisotopic (exact) mass is 962 g/mol. The molecule has 0 aromatic rings. The summed E-state index contributed by atoms with van der Waals surface area (Å²) in [6.07, 6.45) is 27.2. The van der Waals surface area contributed by atoms with Gasteiger partial charge >= 0.3 is 0 Å². The van der Waals surface area contributed by atoms with Crippen LogP contribution in [-0.2, 0) is 23.7 Å². The molecule has 12 unspecified atom stereocenters. The Morgan fingerprint density at radius 2 is 0.851 bits per heavy atom. The van der Waals surface area contributed by atoms with Crippen LogP contribution < -0.4 is 5.32 Å². The molecule has 398 valence electrons. The summed E-state index contributed by atoms with van der Waals surface area (Å²) in [6.45, 7) is 2.62. The third kappa shape index (κ3) is 27.4. The van der Waals surface area contributed by atoms with Crippen LogP contribution in [0.2, 0.25) is 0 Å². The van der Waals surface area contributed by atoms with Crippen molar-refractivity contribution in [3.8, 4) is 0 Å². The van der Waals surface area contributed by atoms with Crippen LogP contribution in [0.25, 0.3) is 0 Å². The molecule has 0 aliphatic carbocycles. The summed E-state index contributed by atoms with van der Waals surface area (Å²) in [6, 6.07) is -0.818. The van der Waals surface area contributed by atoms with Gasteiger partial charge in [0.15, 0.2) is 12.6 Å². The summed E-state index contributed by atoms with van der Waals surface area (Å²) in [7, 11) is 0. The van der Waals surface area contributed by atoms with Gasteiger partial charge in [-0.25, -0.2) is 0 Å². The lowest BCUT2D eigenvalue weighted by Gasteiger charge is -2.46. The maximum Gasteiger partial charge on any atom is 0.220 e. The lowest BCUT2D eigenvalue weighted by molar-refractivity contribution is -0.359. The number of rotatable bonds is 44. The molecule has 2 heterocycles. The highest BCUT2D eigenvalue weighted by Gasteiger charge is 2.51. The molecule has 2 rings (SSSR count). The first kappa shape index (κ1) is 62.1. The Kier molecular flexibility index (Phi) is 37.6. The van der Waals surface area contributed by atoms with Crippen LogP contribution in [0.4, 0.5) is 0 Å². The molecule has 1 amide bonds. The first-order chi connectivity index (χ1) is 32.6. The van der Waals surface area contributed by atoms with Crippen LogP contribution in [0.5, 0.6) is 0 Å². The normalized spacial score (nSPS) is 26.5. The van der Waals surface area contributed by atoms with Crippen LogP contribution in [0.1, 0.15) is 239 Å². The zero-order chi connectivity index (χ0) is 48.9. The molecule has 14 nitrogen and oxygen atoms in total. The van der Waals surface area contributed by atoms with Gasteiger partial charge in [0.25, 0.3) is 0 Å². The standard InChI is InChI=1S/C53H103NO13/c1-3-5-7-8-9-10-11-12-13-14-15-16-17-18-19-20-21-22-23-24-25-26-27-28-29-30-31-32-33-34-35-36-42(57)41(54-45(58)37-6-4-2)40-64-52-50(63)48(61)51(44(39-56)66-52)67-53-49(62)47(60)46(59)43(38-55)65-53/h41-44,46-53,55-57,59-63H,3-40H2,1-2H3,(H,54,58). The van der Waals surface area contributed by atoms with Gasteiger partial charge in [0.2, 0.25) is 5.91 Å².